The van der Waals surface area contributed by atoms with E-state index in [1.807, 2.05) is 71.9 Å². The molecule has 2 aromatic carbocycles. The standard InChI is InChI=1S/C29H35N3O5/c1-28(2,3)36-26(34)23-17-19-16-20(12-13-22(19)31-23)30-25(33)24-21(18-10-8-7-9-11-18)14-15-32(24)27(35)37-29(4,5)6/h7-13,16-17,21,24,31H,14-15H2,1-6H3,(H,30,33)/t21-,24+/m0/s1. The molecule has 8 heteroatoms. The molecule has 0 spiro atoms. The normalized spacial score (nSPS) is 18.1. The molecule has 1 saturated heterocycles. The molecule has 2 N–H and O–H groups in total. The van der Waals surface area contributed by atoms with Gasteiger partial charge in [0.25, 0.3) is 0 Å². The van der Waals surface area contributed by atoms with Crippen molar-refractivity contribution in [2.45, 2.75) is 71.1 Å². The van der Waals surface area contributed by atoms with E-state index in [1.165, 1.54) is 4.90 Å². The minimum atomic E-state index is -0.725. The van der Waals surface area contributed by atoms with E-state index in [0.717, 1.165) is 16.5 Å². The van der Waals surface area contributed by atoms with Crippen molar-refractivity contribution in [1.29, 1.82) is 0 Å². The quantitative estimate of drug-likeness (QED) is 0.433. The smallest absolute Gasteiger partial charge is 0.410 e. The van der Waals surface area contributed by atoms with E-state index in [4.69, 9.17) is 9.47 Å². The molecule has 196 valence electrons. The second-order valence-corrected chi connectivity index (χ2v) is 11.4. The van der Waals surface area contributed by atoms with Crippen LogP contribution in [0, 0.1) is 0 Å². The van der Waals surface area contributed by atoms with Crippen LogP contribution in [0.3, 0.4) is 0 Å². The predicted octanol–water partition coefficient (Wildman–Crippen LogP) is 5.85. The number of aromatic amines is 1. The van der Waals surface area contributed by atoms with Gasteiger partial charge in [0.15, 0.2) is 0 Å². The summed E-state index contributed by atoms with van der Waals surface area (Å²) in [6.07, 6.45) is 0.145. The lowest BCUT2D eigenvalue weighted by Gasteiger charge is -2.30. The molecule has 2 heterocycles. The third-order valence-corrected chi connectivity index (χ3v) is 6.03. The molecule has 4 rings (SSSR count). The van der Waals surface area contributed by atoms with Gasteiger partial charge in [-0.05, 0) is 77.8 Å². The minimum Gasteiger partial charge on any atom is -0.455 e. The number of hydrogen-bond acceptors (Lipinski definition) is 5. The SMILES string of the molecule is CC(C)(C)OC(=O)c1cc2cc(NC(=O)[C@H]3[C@H](c4ccccc4)CCN3C(=O)OC(C)(C)C)ccc2[nH]1. The fourth-order valence-electron chi connectivity index (χ4n) is 4.56. The van der Waals surface area contributed by atoms with Crippen molar-refractivity contribution in [3.8, 4) is 0 Å². The number of nitrogens with one attached hydrogen (secondary N) is 2. The van der Waals surface area contributed by atoms with E-state index < -0.39 is 29.3 Å². The molecule has 1 fully saturated rings. The summed E-state index contributed by atoms with van der Waals surface area (Å²) in [5.74, 6) is -0.901. The van der Waals surface area contributed by atoms with E-state index in [-0.39, 0.29) is 11.8 Å². The first kappa shape index (κ1) is 26.3. The van der Waals surface area contributed by atoms with Gasteiger partial charge in [0, 0.05) is 29.1 Å². The van der Waals surface area contributed by atoms with Crippen LogP contribution in [0.4, 0.5) is 10.5 Å². The molecule has 37 heavy (non-hydrogen) atoms. The van der Waals surface area contributed by atoms with E-state index in [9.17, 15) is 14.4 Å². The largest absolute Gasteiger partial charge is 0.455 e. The lowest BCUT2D eigenvalue weighted by Crippen LogP contribution is -2.47. The summed E-state index contributed by atoms with van der Waals surface area (Å²) in [5.41, 5.74) is 1.37. The second-order valence-electron chi connectivity index (χ2n) is 11.4. The number of rotatable bonds is 4. The Morgan fingerprint density at radius 3 is 2.24 bits per heavy atom. The number of ether oxygens (including phenoxy) is 2. The number of carbonyl (C=O) groups excluding carboxylic acids is 3. The average molecular weight is 506 g/mol. The predicted molar refractivity (Wildman–Crippen MR) is 143 cm³/mol. The van der Waals surface area contributed by atoms with Crippen LogP contribution in [0.5, 0.6) is 0 Å². The lowest BCUT2D eigenvalue weighted by molar-refractivity contribution is -0.120. The van der Waals surface area contributed by atoms with Crippen molar-refractivity contribution >= 4 is 34.6 Å². The first-order valence-corrected chi connectivity index (χ1v) is 12.5. The van der Waals surface area contributed by atoms with Crippen LogP contribution in [-0.4, -0.2) is 51.6 Å². The lowest BCUT2D eigenvalue weighted by atomic mass is 9.91. The van der Waals surface area contributed by atoms with E-state index in [0.29, 0.717) is 24.3 Å². The van der Waals surface area contributed by atoms with E-state index in [2.05, 4.69) is 10.3 Å². The monoisotopic (exact) mass is 505 g/mol. The minimum absolute atomic E-state index is 0.163. The fraction of sp³-hybridized carbons (Fsp3) is 0.414. The molecule has 1 aromatic heterocycles. The van der Waals surface area contributed by atoms with Crippen molar-refractivity contribution in [3.05, 3.63) is 65.9 Å². The van der Waals surface area contributed by atoms with Crippen LogP contribution in [0.15, 0.2) is 54.6 Å². The summed E-state index contributed by atoms with van der Waals surface area (Å²) < 4.78 is 11.1. The number of fused-ring (bicyclic) bond motifs is 1. The Labute approximate surface area is 217 Å². The number of aromatic nitrogens is 1. The number of benzene rings is 2. The summed E-state index contributed by atoms with van der Waals surface area (Å²) in [5, 5.41) is 3.74. The summed E-state index contributed by atoms with van der Waals surface area (Å²) in [6.45, 7) is 11.3. The van der Waals surface area contributed by atoms with Crippen molar-refractivity contribution in [2.24, 2.45) is 0 Å². The van der Waals surface area contributed by atoms with Gasteiger partial charge < -0.3 is 19.8 Å². The van der Waals surface area contributed by atoms with Gasteiger partial charge >= 0.3 is 12.1 Å². The van der Waals surface area contributed by atoms with Crippen LogP contribution in [-0.2, 0) is 14.3 Å². The highest BCUT2D eigenvalue weighted by Crippen LogP contribution is 2.35. The zero-order valence-corrected chi connectivity index (χ0v) is 22.3. The molecule has 2 amide bonds. The Balaban J connectivity index is 1.58. The van der Waals surface area contributed by atoms with E-state index >= 15 is 0 Å². The maximum atomic E-state index is 13.6. The molecule has 0 radical (unpaired) electrons. The molecule has 3 aromatic rings. The van der Waals surface area contributed by atoms with Crippen LogP contribution in [0.2, 0.25) is 0 Å². The molecule has 0 saturated carbocycles. The summed E-state index contributed by atoms with van der Waals surface area (Å²) in [7, 11) is 0. The molecule has 8 nitrogen and oxygen atoms in total. The summed E-state index contributed by atoms with van der Waals surface area (Å²) >= 11 is 0. The number of H-pyrrole nitrogens is 1. The topological polar surface area (TPSA) is 101 Å². The highest BCUT2D eigenvalue weighted by Gasteiger charge is 2.44. The average Bonchev–Trinajstić information content (AvgIpc) is 3.42. The Hall–Kier alpha value is -3.81. The zero-order chi connectivity index (χ0) is 27.0. The highest BCUT2D eigenvalue weighted by molar-refractivity contribution is 6.00. The van der Waals surface area contributed by atoms with Crippen molar-refractivity contribution in [3.63, 3.8) is 0 Å². The first-order valence-electron chi connectivity index (χ1n) is 12.5. The first-order chi connectivity index (χ1) is 17.3. The molecule has 0 bridgehead atoms. The van der Waals surface area contributed by atoms with Crippen LogP contribution in [0.25, 0.3) is 10.9 Å². The molecule has 0 unspecified atom stereocenters. The molecular weight excluding hydrogens is 470 g/mol. The van der Waals surface area contributed by atoms with Gasteiger partial charge in [0.1, 0.15) is 22.9 Å². The van der Waals surface area contributed by atoms with Gasteiger partial charge in [-0.25, -0.2) is 9.59 Å². The number of nitrogens with zero attached hydrogens (tertiary/aromatic N) is 1. The Kier molecular flexibility index (Phi) is 7.04. The summed E-state index contributed by atoms with van der Waals surface area (Å²) in [6, 6.07) is 16.1. The molecule has 1 aliphatic heterocycles. The van der Waals surface area contributed by atoms with Crippen molar-refractivity contribution in [1.82, 2.24) is 9.88 Å². The molecule has 0 aliphatic carbocycles. The molecular formula is C29H35N3O5. The molecule has 2 atom stereocenters. The highest BCUT2D eigenvalue weighted by atomic mass is 16.6. The van der Waals surface area contributed by atoms with Gasteiger partial charge in [-0.15, -0.1) is 0 Å². The fourth-order valence-corrected chi connectivity index (χ4v) is 4.56. The van der Waals surface area contributed by atoms with Gasteiger partial charge in [-0.1, -0.05) is 30.3 Å². The molecule has 1 aliphatic rings. The van der Waals surface area contributed by atoms with Gasteiger partial charge in [0.2, 0.25) is 5.91 Å². The van der Waals surface area contributed by atoms with Gasteiger partial charge in [-0.2, -0.15) is 0 Å². The third-order valence-electron chi connectivity index (χ3n) is 6.03. The maximum Gasteiger partial charge on any atom is 0.410 e. The second kappa shape index (κ2) is 9.92. The summed E-state index contributed by atoms with van der Waals surface area (Å²) in [4.78, 5) is 43.7. The van der Waals surface area contributed by atoms with Gasteiger partial charge in [-0.3, -0.25) is 9.69 Å². The van der Waals surface area contributed by atoms with Crippen LogP contribution < -0.4 is 5.32 Å². The Bertz CT molecular complexity index is 1300. The number of likely N-dealkylation sites (tertiary alicyclic amines) is 1. The number of carbonyl (C=O) groups is 3. The van der Waals surface area contributed by atoms with Crippen LogP contribution >= 0.6 is 0 Å². The maximum absolute atomic E-state index is 13.6. The van der Waals surface area contributed by atoms with Crippen molar-refractivity contribution < 1.29 is 23.9 Å². The van der Waals surface area contributed by atoms with E-state index in [1.54, 1.807) is 24.3 Å². The third kappa shape index (κ3) is 6.31. The number of anilines is 1. The van der Waals surface area contributed by atoms with Gasteiger partial charge in [0.05, 0.1) is 0 Å². The van der Waals surface area contributed by atoms with Crippen molar-refractivity contribution in [2.75, 3.05) is 11.9 Å². The zero-order valence-electron chi connectivity index (χ0n) is 22.3. The Morgan fingerprint density at radius 1 is 0.919 bits per heavy atom. The Morgan fingerprint density at radius 2 is 1.59 bits per heavy atom. The number of esters is 1. The number of hydrogen-bond donors (Lipinski definition) is 2. The number of amides is 2. The van der Waals surface area contributed by atoms with Crippen LogP contribution in [0.1, 0.15) is 69.9 Å².